The molecule has 0 aliphatic heterocycles. The summed E-state index contributed by atoms with van der Waals surface area (Å²) in [5, 5.41) is 21.7. The van der Waals surface area contributed by atoms with Crippen LogP contribution in [-0.4, -0.2) is 33.2 Å². The normalized spacial score (nSPS) is 13.5. The van der Waals surface area contributed by atoms with E-state index in [1.54, 1.807) is 10.9 Å². The Labute approximate surface area is 97.4 Å². The summed E-state index contributed by atoms with van der Waals surface area (Å²) in [5.74, 6) is 0. The molecule has 1 heterocycles. The molecular formula is C10H15BrN2O2. The van der Waals surface area contributed by atoms with Gasteiger partial charge in [-0.25, -0.2) is 0 Å². The van der Waals surface area contributed by atoms with Crippen molar-refractivity contribution in [1.29, 1.82) is 0 Å². The molecule has 4 nitrogen and oxygen atoms in total. The highest BCUT2D eigenvalue weighted by Crippen LogP contribution is 2.16. The van der Waals surface area contributed by atoms with Crippen molar-refractivity contribution >= 4 is 15.9 Å². The zero-order valence-electron chi connectivity index (χ0n) is 8.38. The molecule has 0 unspecified atom stereocenters. The van der Waals surface area contributed by atoms with Gasteiger partial charge in [-0.1, -0.05) is 12.2 Å². The molecule has 84 valence electrons. The molecule has 1 rings (SSSR count). The summed E-state index contributed by atoms with van der Waals surface area (Å²) in [5.41, 5.74) is 0. The Balaban J connectivity index is 2.65. The molecule has 5 heteroatoms. The van der Waals surface area contributed by atoms with E-state index in [9.17, 15) is 0 Å². The summed E-state index contributed by atoms with van der Waals surface area (Å²) in [4.78, 5) is 0. The Morgan fingerprint density at radius 3 is 2.80 bits per heavy atom. The lowest BCUT2D eigenvalue weighted by atomic mass is 10.2. The molecule has 1 aromatic rings. The van der Waals surface area contributed by atoms with Gasteiger partial charge in [0, 0.05) is 19.4 Å². The molecule has 0 saturated heterocycles. The van der Waals surface area contributed by atoms with Crippen LogP contribution in [0, 0.1) is 0 Å². The summed E-state index contributed by atoms with van der Waals surface area (Å²) in [6, 6.07) is 0.0489. The van der Waals surface area contributed by atoms with Gasteiger partial charge in [0.15, 0.2) is 0 Å². The second-order valence-corrected chi connectivity index (χ2v) is 4.07. The van der Waals surface area contributed by atoms with E-state index < -0.39 is 0 Å². The van der Waals surface area contributed by atoms with Crippen LogP contribution in [0.2, 0.25) is 0 Å². The minimum absolute atomic E-state index is 0.0489. The van der Waals surface area contributed by atoms with Crippen molar-refractivity contribution in [2.45, 2.75) is 18.9 Å². The lowest BCUT2D eigenvalue weighted by Gasteiger charge is -2.11. The van der Waals surface area contributed by atoms with Crippen molar-refractivity contribution in [2.75, 3.05) is 13.2 Å². The molecule has 0 bridgehead atoms. The van der Waals surface area contributed by atoms with E-state index in [2.05, 4.69) is 21.0 Å². The molecule has 0 aliphatic rings. The monoisotopic (exact) mass is 274 g/mol. The average molecular weight is 275 g/mol. The number of rotatable bonds is 6. The number of hydrogen-bond donors (Lipinski definition) is 2. The van der Waals surface area contributed by atoms with Crippen LogP contribution in [0.3, 0.4) is 0 Å². The van der Waals surface area contributed by atoms with E-state index in [-0.39, 0.29) is 19.3 Å². The van der Waals surface area contributed by atoms with E-state index in [1.807, 2.05) is 18.3 Å². The van der Waals surface area contributed by atoms with Crippen molar-refractivity contribution < 1.29 is 10.2 Å². The maximum atomic E-state index is 8.93. The van der Waals surface area contributed by atoms with Crippen LogP contribution in [0.15, 0.2) is 29.0 Å². The fourth-order valence-corrected chi connectivity index (χ4v) is 1.57. The fraction of sp³-hybridized carbons (Fsp3) is 0.500. The van der Waals surface area contributed by atoms with E-state index >= 15 is 0 Å². The molecule has 0 fully saturated rings. The highest BCUT2D eigenvalue weighted by Gasteiger charge is 2.07. The van der Waals surface area contributed by atoms with Crippen molar-refractivity contribution in [3.63, 3.8) is 0 Å². The summed E-state index contributed by atoms with van der Waals surface area (Å²) in [7, 11) is 0. The summed E-state index contributed by atoms with van der Waals surface area (Å²) < 4.78 is 2.70. The number of aliphatic hydroxyl groups is 2. The van der Waals surface area contributed by atoms with Crippen LogP contribution in [0.5, 0.6) is 0 Å². The Morgan fingerprint density at radius 2 is 2.27 bits per heavy atom. The number of hydrogen-bond acceptors (Lipinski definition) is 3. The predicted molar refractivity (Wildman–Crippen MR) is 61.5 cm³/mol. The van der Waals surface area contributed by atoms with Crippen molar-refractivity contribution in [1.82, 2.24) is 9.78 Å². The van der Waals surface area contributed by atoms with Gasteiger partial charge in [0.1, 0.15) is 0 Å². The molecule has 1 aromatic heterocycles. The summed E-state index contributed by atoms with van der Waals surface area (Å²) >= 11 is 3.32. The van der Waals surface area contributed by atoms with Gasteiger partial charge in [0.25, 0.3) is 0 Å². The average Bonchev–Trinajstić information content (AvgIpc) is 2.64. The Hall–Kier alpha value is -0.650. The van der Waals surface area contributed by atoms with Gasteiger partial charge in [-0.3, -0.25) is 4.68 Å². The number of halogens is 1. The van der Waals surface area contributed by atoms with Gasteiger partial charge in [0.05, 0.1) is 16.7 Å². The third-order valence-corrected chi connectivity index (χ3v) is 2.40. The molecule has 0 saturated carbocycles. The zero-order chi connectivity index (χ0) is 11.1. The Morgan fingerprint density at radius 1 is 1.47 bits per heavy atom. The molecule has 0 aromatic carbocycles. The summed E-state index contributed by atoms with van der Waals surface area (Å²) in [6.45, 7) is 0.261. The van der Waals surface area contributed by atoms with Gasteiger partial charge < -0.3 is 10.2 Å². The van der Waals surface area contributed by atoms with Gasteiger partial charge in [-0.2, -0.15) is 5.10 Å². The van der Waals surface area contributed by atoms with Crippen molar-refractivity contribution in [2.24, 2.45) is 0 Å². The Bertz CT molecular complexity index is 312. The molecule has 1 atom stereocenters. The van der Waals surface area contributed by atoms with Gasteiger partial charge in [-0.15, -0.1) is 0 Å². The maximum absolute atomic E-state index is 8.93. The molecule has 0 aliphatic carbocycles. The second kappa shape index (κ2) is 6.76. The first-order valence-electron chi connectivity index (χ1n) is 4.86. The summed E-state index contributed by atoms with van der Waals surface area (Å²) in [6.07, 6.45) is 8.68. The van der Waals surface area contributed by atoms with E-state index in [4.69, 9.17) is 10.2 Å². The Kier molecular flexibility index (Phi) is 5.60. The molecule has 15 heavy (non-hydrogen) atoms. The van der Waals surface area contributed by atoms with Crippen molar-refractivity contribution in [3.8, 4) is 0 Å². The van der Waals surface area contributed by atoms with E-state index in [0.717, 1.165) is 4.47 Å². The first kappa shape index (κ1) is 12.4. The zero-order valence-corrected chi connectivity index (χ0v) is 9.97. The number of allylic oxidation sites excluding steroid dienone is 1. The first-order chi connectivity index (χ1) is 7.27. The minimum atomic E-state index is 0.0489. The van der Waals surface area contributed by atoms with Crippen molar-refractivity contribution in [3.05, 3.63) is 29.0 Å². The number of nitrogens with zero attached hydrogens (tertiary/aromatic N) is 2. The van der Waals surface area contributed by atoms with Crippen LogP contribution in [0.25, 0.3) is 0 Å². The lowest BCUT2D eigenvalue weighted by Crippen LogP contribution is -2.08. The van der Waals surface area contributed by atoms with Crippen LogP contribution >= 0.6 is 15.9 Å². The molecular weight excluding hydrogens is 260 g/mol. The quantitative estimate of drug-likeness (QED) is 0.774. The standard InChI is InChI=1S/C10H15BrN2O2/c11-9-7-12-13(8-9)10(4-6-15)3-1-2-5-14/h1,3,7-8,10,14-15H,2,4-6H2/b3-1+/t10-/m1/s1. The lowest BCUT2D eigenvalue weighted by molar-refractivity contribution is 0.265. The smallest absolute Gasteiger partial charge is 0.0721 e. The second-order valence-electron chi connectivity index (χ2n) is 3.16. The molecule has 0 amide bonds. The number of aliphatic hydroxyl groups excluding tert-OH is 2. The minimum Gasteiger partial charge on any atom is -0.396 e. The van der Waals surface area contributed by atoms with Gasteiger partial charge in [0.2, 0.25) is 0 Å². The van der Waals surface area contributed by atoms with Gasteiger partial charge in [-0.05, 0) is 28.8 Å². The molecule has 0 radical (unpaired) electrons. The highest BCUT2D eigenvalue weighted by atomic mass is 79.9. The number of aromatic nitrogens is 2. The maximum Gasteiger partial charge on any atom is 0.0721 e. The van der Waals surface area contributed by atoms with Crippen LogP contribution in [-0.2, 0) is 0 Å². The molecule has 0 spiro atoms. The van der Waals surface area contributed by atoms with Crippen LogP contribution < -0.4 is 0 Å². The fourth-order valence-electron chi connectivity index (χ4n) is 1.27. The highest BCUT2D eigenvalue weighted by molar-refractivity contribution is 9.10. The third-order valence-electron chi connectivity index (χ3n) is 1.99. The molecule has 2 N–H and O–H groups in total. The largest absolute Gasteiger partial charge is 0.396 e. The topological polar surface area (TPSA) is 58.3 Å². The predicted octanol–water partition coefficient (Wildman–Crippen LogP) is 1.51. The van der Waals surface area contributed by atoms with Crippen LogP contribution in [0.1, 0.15) is 18.9 Å². The van der Waals surface area contributed by atoms with E-state index in [0.29, 0.717) is 12.8 Å². The first-order valence-corrected chi connectivity index (χ1v) is 5.65. The van der Waals surface area contributed by atoms with Crippen LogP contribution in [0.4, 0.5) is 0 Å². The SMILES string of the molecule is OCC/C=C/[C@H](CCO)n1cc(Br)cn1. The van der Waals surface area contributed by atoms with E-state index in [1.165, 1.54) is 0 Å². The third kappa shape index (κ3) is 4.15. The van der Waals surface area contributed by atoms with Gasteiger partial charge >= 0.3 is 0 Å².